The average Bonchev–Trinajstić information content (AvgIpc) is 2.73. The zero-order chi connectivity index (χ0) is 19.0. The van der Waals surface area contributed by atoms with Gasteiger partial charge in [0.05, 0.1) is 6.61 Å². The standard InChI is InChI=1S/C21H25ClN2O3/c22-11-16-26-21(24-14-12-23-13-15-24,17-18-7-3-1-4-8-18)20(25)27-19-9-5-2-6-10-19/h1-10,23H,11-17H2. The van der Waals surface area contributed by atoms with Crippen molar-refractivity contribution in [2.75, 3.05) is 38.7 Å². The number of halogens is 1. The summed E-state index contributed by atoms with van der Waals surface area (Å²) < 4.78 is 11.9. The normalized spacial score (nSPS) is 17.2. The topological polar surface area (TPSA) is 50.8 Å². The molecule has 27 heavy (non-hydrogen) atoms. The minimum absolute atomic E-state index is 0.266. The average molecular weight is 389 g/mol. The number of rotatable bonds is 8. The summed E-state index contributed by atoms with van der Waals surface area (Å²) >= 11 is 5.91. The van der Waals surface area contributed by atoms with Crippen molar-refractivity contribution in [2.24, 2.45) is 0 Å². The SMILES string of the molecule is O=C(Oc1ccccc1)C(Cc1ccccc1)(OCCCl)N1CCNCC1. The third kappa shape index (κ3) is 5.08. The predicted octanol–water partition coefficient (Wildman–Crippen LogP) is 2.69. The fourth-order valence-corrected chi connectivity index (χ4v) is 3.37. The number of hydrogen-bond acceptors (Lipinski definition) is 5. The van der Waals surface area contributed by atoms with Crippen LogP contribution in [0.25, 0.3) is 0 Å². The van der Waals surface area contributed by atoms with E-state index < -0.39 is 11.7 Å². The van der Waals surface area contributed by atoms with Gasteiger partial charge < -0.3 is 14.8 Å². The molecule has 0 radical (unpaired) electrons. The third-order valence-corrected chi connectivity index (χ3v) is 4.76. The Kier molecular flexibility index (Phi) is 7.24. The number of alkyl halides is 1. The summed E-state index contributed by atoms with van der Waals surface area (Å²) in [6.07, 6.45) is 0.399. The lowest BCUT2D eigenvalue weighted by Gasteiger charge is -2.43. The number of esters is 1. The number of piperazine rings is 1. The molecule has 5 nitrogen and oxygen atoms in total. The van der Waals surface area contributed by atoms with E-state index in [-0.39, 0.29) is 6.61 Å². The van der Waals surface area contributed by atoms with E-state index in [0.717, 1.165) is 18.7 Å². The smallest absolute Gasteiger partial charge is 0.359 e. The first-order chi connectivity index (χ1) is 13.2. The Morgan fingerprint density at radius 2 is 1.67 bits per heavy atom. The van der Waals surface area contributed by atoms with E-state index in [1.807, 2.05) is 48.5 Å². The van der Waals surface area contributed by atoms with Crippen LogP contribution in [0.4, 0.5) is 0 Å². The van der Waals surface area contributed by atoms with Gasteiger partial charge in [-0.25, -0.2) is 4.79 Å². The second-order valence-electron chi connectivity index (χ2n) is 6.42. The van der Waals surface area contributed by atoms with Crippen LogP contribution in [0.3, 0.4) is 0 Å². The van der Waals surface area contributed by atoms with Crippen LogP contribution in [-0.4, -0.2) is 55.3 Å². The maximum absolute atomic E-state index is 13.4. The Morgan fingerprint density at radius 1 is 1.04 bits per heavy atom. The van der Waals surface area contributed by atoms with Gasteiger partial charge in [0, 0.05) is 38.5 Å². The van der Waals surface area contributed by atoms with E-state index in [1.54, 1.807) is 12.1 Å². The maximum atomic E-state index is 13.4. The highest BCUT2D eigenvalue weighted by Crippen LogP contribution is 2.27. The van der Waals surface area contributed by atoms with E-state index in [2.05, 4.69) is 10.2 Å². The second kappa shape index (κ2) is 9.85. The van der Waals surface area contributed by atoms with Crippen LogP contribution in [0.5, 0.6) is 5.75 Å². The highest BCUT2D eigenvalue weighted by molar-refractivity contribution is 6.18. The molecular weight excluding hydrogens is 364 g/mol. The molecule has 1 heterocycles. The molecule has 6 heteroatoms. The van der Waals surface area contributed by atoms with Crippen molar-refractivity contribution in [1.29, 1.82) is 0 Å². The zero-order valence-corrected chi connectivity index (χ0v) is 16.0. The summed E-state index contributed by atoms with van der Waals surface area (Å²) in [5.41, 5.74) is -0.204. The van der Waals surface area contributed by atoms with Crippen LogP contribution in [0, 0.1) is 0 Å². The third-order valence-electron chi connectivity index (χ3n) is 4.61. The number of ether oxygens (including phenoxy) is 2. The van der Waals surface area contributed by atoms with Gasteiger partial charge in [0.15, 0.2) is 0 Å². The first-order valence-electron chi connectivity index (χ1n) is 9.21. The molecule has 0 spiro atoms. The van der Waals surface area contributed by atoms with Crippen molar-refractivity contribution in [2.45, 2.75) is 12.1 Å². The van der Waals surface area contributed by atoms with Gasteiger partial charge in [-0.2, -0.15) is 0 Å². The van der Waals surface area contributed by atoms with Gasteiger partial charge in [0.25, 0.3) is 0 Å². The monoisotopic (exact) mass is 388 g/mol. The first kappa shape index (κ1) is 19.8. The van der Waals surface area contributed by atoms with Gasteiger partial charge >= 0.3 is 5.97 Å². The van der Waals surface area contributed by atoms with Gasteiger partial charge in [0.2, 0.25) is 5.72 Å². The Hall–Kier alpha value is -1.92. The lowest BCUT2D eigenvalue weighted by molar-refractivity contribution is -0.195. The molecule has 0 bridgehead atoms. The van der Waals surface area contributed by atoms with Crippen molar-refractivity contribution >= 4 is 17.6 Å². The number of nitrogens with zero attached hydrogens (tertiary/aromatic N) is 1. The quantitative estimate of drug-likeness (QED) is 0.428. The highest BCUT2D eigenvalue weighted by atomic mass is 35.5. The minimum atomic E-state index is -1.21. The summed E-state index contributed by atoms with van der Waals surface area (Å²) in [6.45, 7) is 3.24. The molecule has 0 aliphatic carbocycles. The number of carbonyl (C=O) groups is 1. The zero-order valence-electron chi connectivity index (χ0n) is 15.3. The summed E-state index contributed by atoms with van der Waals surface area (Å²) in [6, 6.07) is 19.0. The number of carbonyl (C=O) groups excluding carboxylic acids is 1. The molecule has 144 valence electrons. The molecule has 0 saturated carbocycles. The molecule has 1 saturated heterocycles. The summed E-state index contributed by atoms with van der Waals surface area (Å²) in [4.78, 5) is 15.5. The van der Waals surface area contributed by atoms with Crippen LogP contribution >= 0.6 is 11.6 Å². The molecule has 1 fully saturated rings. The van der Waals surface area contributed by atoms with Crippen molar-refractivity contribution in [3.05, 3.63) is 66.2 Å². The van der Waals surface area contributed by atoms with E-state index in [4.69, 9.17) is 21.1 Å². The molecule has 1 N–H and O–H groups in total. The number of nitrogens with one attached hydrogen (secondary N) is 1. The van der Waals surface area contributed by atoms with Gasteiger partial charge in [-0.1, -0.05) is 48.5 Å². The Morgan fingerprint density at radius 3 is 2.30 bits per heavy atom. The highest BCUT2D eigenvalue weighted by Gasteiger charge is 2.47. The summed E-state index contributed by atoms with van der Waals surface area (Å²) in [5, 5.41) is 3.32. The van der Waals surface area contributed by atoms with Crippen molar-refractivity contribution < 1.29 is 14.3 Å². The molecule has 2 aromatic rings. The molecule has 1 aliphatic rings. The van der Waals surface area contributed by atoms with Gasteiger partial charge in [-0.3, -0.25) is 4.90 Å². The van der Waals surface area contributed by atoms with E-state index in [9.17, 15) is 4.79 Å². The minimum Gasteiger partial charge on any atom is -0.423 e. The Bertz CT molecular complexity index is 708. The molecule has 0 amide bonds. The largest absolute Gasteiger partial charge is 0.423 e. The first-order valence-corrected chi connectivity index (χ1v) is 9.75. The van der Waals surface area contributed by atoms with E-state index >= 15 is 0 Å². The van der Waals surface area contributed by atoms with Gasteiger partial charge in [-0.15, -0.1) is 11.6 Å². The fourth-order valence-electron chi connectivity index (χ4n) is 3.30. The van der Waals surface area contributed by atoms with Crippen LogP contribution in [0.1, 0.15) is 5.56 Å². The van der Waals surface area contributed by atoms with Crippen LogP contribution in [0.15, 0.2) is 60.7 Å². The Balaban J connectivity index is 1.93. The van der Waals surface area contributed by atoms with Crippen LogP contribution in [-0.2, 0) is 16.0 Å². The molecular formula is C21H25ClN2O3. The summed E-state index contributed by atoms with van der Waals surface area (Å²) in [7, 11) is 0. The molecule has 3 rings (SSSR count). The Labute approximate surface area is 165 Å². The number of benzene rings is 2. The van der Waals surface area contributed by atoms with Crippen molar-refractivity contribution in [1.82, 2.24) is 10.2 Å². The van der Waals surface area contributed by atoms with Crippen molar-refractivity contribution in [3.63, 3.8) is 0 Å². The number of para-hydroxylation sites is 1. The molecule has 0 aromatic heterocycles. The lowest BCUT2D eigenvalue weighted by atomic mass is 9.99. The molecule has 1 unspecified atom stereocenters. The lowest BCUT2D eigenvalue weighted by Crippen LogP contribution is -2.64. The van der Waals surface area contributed by atoms with Crippen LogP contribution < -0.4 is 10.1 Å². The van der Waals surface area contributed by atoms with Crippen molar-refractivity contribution in [3.8, 4) is 5.75 Å². The summed E-state index contributed by atoms with van der Waals surface area (Å²) in [5.74, 6) is 0.399. The maximum Gasteiger partial charge on any atom is 0.359 e. The predicted molar refractivity (Wildman–Crippen MR) is 106 cm³/mol. The van der Waals surface area contributed by atoms with E-state index in [1.165, 1.54) is 0 Å². The second-order valence-corrected chi connectivity index (χ2v) is 6.80. The molecule has 2 aromatic carbocycles. The van der Waals surface area contributed by atoms with Crippen LogP contribution in [0.2, 0.25) is 0 Å². The molecule has 1 aliphatic heterocycles. The molecule has 1 atom stereocenters. The van der Waals surface area contributed by atoms with Gasteiger partial charge in [0.1, 0.15) is 5.75 Å². The van der Waals surface area contributed by atoms with Gasteiger partial charge in [-0.05, 0) is 17.7 Å². The van der Waals surface area contributed by atoms with E-state index in [0.29, 0.717) is 31.1 Å². The fraction of sp³-hybridized carbons (Fsp3) is 0.381. The number of hydrogen-bond donors (Lipinski definition) is 1.